The zero-order valence-corrected chi connectivity index (χ0v) is 11.5. The molecule has 0 bridgehead atoms. The predicted molar refractivity (Wildman–Crippen MR) is 83.2 cm³/mol. The minimum atomic E-state index is 0.259. The third-order valence-corrected chi connectivity index (χ3v) is 3.20. The Balaban J connectivity index is 1.75. The van der Waals surface area contributed by atoms with E-state index in [9.17, 15) is 5.11 Å². The Morgan fingerprint density at radius 2 is 1.67 bits per heavy atom. The van der Waals surface area contributed by atoms with Crippen molar-refractivity contribution in [2.45, 2.75) is 6.61 Å². The number of phenols is 1. The van der Waals surface area contributed by atoms with Crippen molar-refractivity contribution in [2.24, 2.45) is 0 Å². The van der Waals surface area contributed by atoms with Gasteiger partial charge in [0.2, 0.25) is 0 Å². The lowest BCUT2D eigenvalue weighted by molar-refractivity contribution is 0.306. The second-order valence-electron chi connectivity index (χ2n) is 4.76. The summed E-state index contributed by atoms with van der Waals surface area (Å²) in [5.74, 6) is 1.07. The molecule has 0 unspecified atom stereocenters. The van der Waals surface area contributed by atoms with Gasteiger partial charge in [-0.1, -0.05) is 48.5 Å². The molecule has 21 heavy (non-hydrogen) atoms. The van der Waals surface area contributed by atoms with Gasteiger partial charge in [-0.05, 0) is 47.0 Å². The van der Waals surface area contributed by atoms with Gasteiger partial charge in [0.05, 0.1) is 0 Å². The summed E-state index contributed by atoms with van der Waals surface area (Å²) < 4.78 is 5.81. The van der Waals surface area contributed by atoms with E-state index in [0.717, 1.165) is 22.4 Å². The molecule has 0 aliphatic carbocycles. The first kappa shape index (κ1) is 13.3. The maximum absolute atomic E-state index is 9.33. The summed E-state index contributed by atoms with van der Waals surface area (Å²) in [5.41, 5.74) is 3.08. The van der Waals surface area contributed by atoms with Crippen LogP contribution < -0.4 is 4.74 Å². The Hall–Kier alpha value is -2.74. The summed E-state index contributed by atoms with van der Waals surface area (Å²) in [6.45, 7) is 0.542. The van der Waals surface area contributed by atoms with E-state index in [1.807, 2.05) is 60.7 Å². The average molecular weight is 275 g/mol. The number of hydrogen-bond donors (Lipinski definition) is 1. The Bertz CT molecular complexity index is 703. The molecule has 0 saturated heterocycles. The third-order valence-electron chi connectivity index (χ3n) is 3.20. The molecule has 2 heteroatoms. The molecule has 0 aliphatic heterocycles. The van der Waals surface area contributed by atoms with Crippen LogP contribution in [-0.4, -0.2) is 5.11 Å². The molecule has 0 saturated carbocycles. The SMILES string of the molecule is Oc1ccc(-c2[c]ccc(OCc3ccccc3)c2)cc1. The second kappa shape index (κ2) is 6.14. The van der Waals surface area contributed by atoms with Gasteiger partial charge in [0, 0.05) is 0 Å². The van der Waals surface area contributed by atoms with Gasteiger partial charge in [-0.3, -0.25) is 0 Å². The maximum atomic E-state index is 9.33. The lowest BCUT2D eigenvalue weighted by atomic mass is 10.1. The molecule has 0 aliphatic rings. The molecule has 3 rings (SSSR count). The summed E-state index contributed by atoms with van der Waals surface area (Å²) in [6, 6.07) is 26.0. The van der Waals surface area contributed by atoms with Crippen molar-refractivity contribution in [3.63, 3.8) is 0 Å². The maximum Gasteiger partial charge on any atom is 0.120 e. The molecule has 1 N–H and O–H groups in total. The van der Waals surface area contributed by atoms with E-state index in [0.29, 0.717) is 6.61 Å². The van der Waals surface area contributed by atoms with Crippen LogP contribution in [0.2, 0.25) is 0 Å². The van der Waals surface area contributed by atoms with Crippen LogP contribution in [0.1, 0.15) is 5.56 Å². The molecule has 1 radical (unpaired) electrons. The van der Waals surface area contributed by atoms with Crippen molar-refractivity contribution in [2.75, 3.05) is 0 Å². The highest BCUT2D eigenvalue weighted by molar-refractivity contribution is 5.65. The monoisotopic (exact) mass is 275 g/mol. The molecule has 0 heterocycles. The van der Waals surface area contributed by atoms with Gasteiger partial charge in [-0.2, -0.15) is 0 Å². The van der Waals surface area contributed by atoms with Gasteiger partial charge in [0.1, 0.15) is 18.1 Å². The fourth-order valence-corrected chi connectivity index (χ4v) is 2.08. The molecule has 0 amide bonds. The molecule has 2 nitrogen and oxygen atoms in total. The van der Waals surface area contributed by atoms with Gasteiger partial charge < -0.3 is 9.84 Å². The molecule has 0 aromatic heterocycles. The molecule has 3 aromatic carbocycles. The van der Waals surface area contributed by atoms with Gasteiger partial charge in [0.25, 0.3) is 0 Å². The van der Waals surface area contributed by atoms with Crippen LogP contribution in [0, 0.1) is 6.07 Å². The van der Waals surface area contributed by atoms with E-state index in [4.69, 9.17) is 4.74 Å². The standard InChI is InChI=1S/C19H15O2/c20-18-11-9-16(10-12-18)17-7-4-8-19(13-17)21-14-15-5-2-1-3-6-15/h1-6,8-13,20H,14H2. The zero-order chi connectivity index (χ0) is 14.5. The van der Waals surface area contributed by atoms with Gasteiger partial charge in [0.15, 0.2) is 0 Å². The lowest BCUT2D eigenvalue weighted by Crippen LogP contribution is -1.95. The third kappa shape index (κ3) is 3.42. The number of phenolic OH excluding ortho intramolecular Hbond substituents is 1. The Morgan fingerprint density at radius 3 is 2.43 bits per heavy atom. The number of benzene rings is 3. The highest BCUT2D eigenvalue weighted by Crippen LogP contribution is 2.25. The molecule has 103 valence electrons. The van der Waals surface area contributed by atoms with Crippen LogP contribution in [0.5, 0.6) is 11.5 Å². The molecular weight excluding hydrogens is 260 g/mol. The summed E-state index contributed by atoms with van der Waals surface area (Å²) in [4.78, 5) is 0. The van der Waals surface area contributed by atoms with E-state index in [1.165, 1.54) is 0 Å². The van der Waals surface area contributed by atoms with Crippen LogP contribution in [0.3, 0.4) is 0 Å². The molecule has 0 atom stereocenters. The van der Waals surface area contributed by atoms with E-state index >= 15 is 0 Å². The van der Waals surface area contributed by atoms with E-state index in [-0.39, 0.29) is 5.75 Å². The molecule has 0 fully saturated rings. The largest absolute Gasteiger partial charge is 0.508 e. The minimum absolute atomic E-state index is 0.259. The van der Waals surface area contributed by atoms with Crippen molar-refractivity contribution in [1.29, 1.82) is 0 Å². The summed E-state index contributed by atoms with van der Waals surface area (Å²) in [6.07, 6.45) is 0. The van der Waals surface area contributed by atoms with Gasteiger partial charge in [-0.25, -0.2) is 0 Å². The minimum Gasteiger partial charge on any atom is -0.508 e. The van der Waals surface area contributed by atoms with Crippen LogP contribution in [0.25, 0.3) is 11.1 Å². The second-order valence-corrected chi connectivity index (χ2v) is 4.76. The zero-order valence-electron chi connectivity index (χ0n) is 11.5. The van der Waals surface area contributed by atoms with Gasteiger partial charge in [-0.15, -0.1) is 0 Å². The summed E-state index contributed by atoms with van der Waals surface area (Å²) in [5, 5.41) is 9.33. The molecule has 3 aromatic rings. The highest BCUT2D eigenvalue weighted by Gasteiger charge is 2.01. The first-order chi connectivity index (χ1) is 10.3. The Labute approximate surface area is 124 Å². The molecular formula is C19H15O2. The van der Waals surface area contributed by atoms with E-state index in [1.54, 1.807) is 12.1 Å². The van der Waals surface area contributed by atoms with Crippen LogP contribution in [-0.2, 0) is 6.61 Å². The Kier molecular flexibility index (Phi) is 3.88. The van der Waals surface area contributed by atoms with E-state index < -0.39 is 0 Å². The summed E-state index contributed by atoms with van der Waals surface area (Å²) >= 11 is 0. The van der Waals surface area contributed by atoms with Crippen molar-refractivity contribution in [3.8, 4) is 22.6 Å². The first-order valence-corrected chi connectivity index (χ1v) is 6.79. The van der Waals surface area contributed by atoms with Crippen molar-refractivity contribution in [3.05, 3.63) is 84.4 Å². The normalized spacial score (nSPS) is 10.3. The number of ether oxygens (including phenoxy) is 1. The fourth-order valence-electron chi connectivity index (χ4n) is 2.08. The summed E-state index contributed by atoms with van der Waals surface area (Å²) in [7, 11) is 0. The number of aromatic hydroxyl groups is 1. The fraction of sp³-hybridized carbons (Fsp3) is 0.0526. The van der Waals surface area contributed by atoms with E-state index in [2.05, 4.69) is 6.07 Å². The Morgan fingerprint density at radius 1 is 0.905 bits per heavy atom. The highest BCUT2D eigenvalue weighted by atomic mass is 16.5. The van der Waals surface area contributed by atoms with Crippen molar-refractivity contribution >= 4 is 0 Å². The number of rotatable bonds is 4. The van der Waals surface area contributed by atoms with Gasteiger partial charge >= 0.3 is 0 Å². The average Bonchev–Trinajstić information content (AvgIpc) is 2.55. The van der Waals surface area contributed by atoms with Crippen LogP contribution >= 0.6 is 0 Å². The molecule has 0 spiro atoms. The number of hydrogen-bond acceptors (Lipinski definition) is 2. The topological polar surface area (TPSA) is 29.5 Å². The van der Waals surface area contributed by atoms with Crippen LogP contribution in [0.15, 0.2) is 72.8 Å². The van der Waals surface area contributed by atoms with Crippen molar-refractivity contribution < 1.29 is 9.84 Å². The van der Waals surface area contributed by atoms with Crippen LogP contribution in [0.4, 0.5) is 0 Å². The van der Waals surface area contributed by atoms with Crippen molar-refractivity contribution in [1.82, 2.24) is 0 Å². The smallest absolute Gasteiger partial charge is 0.120 e. The quantitative estimate of drug-likeness (QED) is 0.762. The lowest BCUT2D eigenvalue weighted by Gasteiger charge is -2.08. The predicted octanol–water partition coefficient (Wildman–Crippen LogP) is 4.44. The first-order valence-electron chi connectivity index (χ1n) is 6.79.